The van der Waals surface area contributed by atoms with Gasteiger partial charge in [-0.2, -0.15) is 0 Å². The molecule has 19 heavy (non-hydrogen) atoms. The molecule has 106 valence electrons. The van der Waals surface area contributed by atoms with Crippen molar-refractivity contribution >= 4 is 0 Å². The molecule has 1 aromatic rings. The van der Waals surface area contributed by atoms with Crippen LogP contribution in [0.5, 0.6) is 5.75 Å². The highest BCUT2D eigenvalue weighted by Crippen LogP contribution is 2.28. The molecule has 1 aliphatic rings. The van der Waals surface area contributed by atoms with Crippen LogP contribution >= 0.6 is 0 Å². The van der Waals surface area contributed by atoms with E-state index in [1.807, 2.05) is 6.07 Å². The van der Waals surface area contributed by atoms with Crippen molar-refractivity contribution in [1.29, 1.82) is 0 Å². The molecule has 1 heterocycles. The maximum Gasteiger partial charge on any atom is 0.119 e. The van der Waals surface area contributed by atoms with E-state index < -0.39 is 0 Å². The highest BCUT2D eigenvalue weighted by Gasteiger charge is 2.21. The Labute approximate surface area is 116 Å². The minimum absolute atomic E-state index is 0.450. The highest BCUT2D eigenvalue weighted by atomic mass is 16.5. The minimum atomic E-state index is 0.450. The van der Waals surface area contributed by atoms with Crippen LogP contribution < -0.4 is 10.1 Å². The second kappa shape index (κ2) is 6.92. The van der Waals surface area contributed by atoms with Crippen molar-refractivity contribution in [2.75, 3.05) is 27.7 Å². The molecule has 0 radical (unpaired) electrons. The van der Waals surface area contributed by atoms with Gasteiger partial charge in [0, 0.05) is 12.1 Å². The van der Waals surface area contributed by atoms with Gasteiger partial charge in [-0.3, -0.25) is 0 Å². The number of hydrogen-bond donors (Lipinski definition) is 1. The van der Waals surface area contributed by atoms with Crippen LogP contribution in [0.2, 0.25) is 0 Å². The fourth-order valence-electron chi connectivity index (χ4n) is 2.89. The van der Waals surface area contributed by atoms with Crippen LogP contribution in [0.25, 0.3) is 0 Å². The van der Waals surface area contributed by atoms with Gasteiger partial charge in [-0.15, -0.1) is 0 Å². The van der Waals surface area contributed by atoms with Crippen LogP contribution in [0.3, 0.4) is 0 Å². The Balaban J connectivity index is 2.09. The van der Waals surface area contributed by atoms with Gasteiger partial charge in [-0.05, 0) is 57.6 Å². The van der Waals surface area contributed by atoms with E-state index in [1.165, 1.54) is 37.8 Å². The lowest BCUT2D eigenvalue weighted by atomic mass is 9.93. The molecule has 0 spiro atoms. The molecule has 0 aromatic heterocycles. The van der Waals surface area contributed by atoms with Crippen molar-refractivity contribution in [2.45, 2.75) is 37.8 Å². The maximum atomic E-state index is 5.34. The molecule has 2 atom stereocenters. The fourth-order valence-corrected chi connectivity index (χ4v) is 2.89. The van der Waals surface area contributed by atoms with Crippen LogP contribution in [0, 0.1) is 0 Å². The Kier molecular flexibility index (Phi) is 5.23. The molecular formula is C16H26N2O. The second-order valence-corrected chi connectivity index (χ2v) is 5.64. The van der Waals surface area contributed by atoms with E-state index in [0.29, 0.717) is 12.1 Å². The first kappa shape index (κ1) is 14.4. The molecule has 1 aliphatic heterocycles. The van der Waals surface area contributed by atoms with Crippen LogP contribution in [0.1, 0.15) is 37.3 Å². The first-order chi connectivity index (χ1) is 9.20. The molecule has 2 rings (SSSR count). The normalized spacial score (nSPS) is 21.4. The third kappa shape index (κ3) is 3.95. The third-order valence-electron chi connectivity index (χ3n) is 4.02. The summed E-state index contributed by atoms with van der Waals surface area (Å²) in [5.74, 6) is 0.945. The Bertz CT molecular complexity index is 386. The molecule has 0 amide bonds. The summed E-state index contributed by atoms with van der Waals surface area (Å²) in [7, 11) is 6.05. The summed E-state index contributed by atoms with van der Waals surface area (Å²) in [5.41, 5.74) is 1.34. The zero-order valence-electron chi connectivity index (χ0n) is 12.4. The molecule has 0 bridgehead atoms. The Morgan fingerprint density at radius 1 is 1.37 bits per heavy atom. The monoisotopic (exact) mass is 262 g/mol. The molecule has 0 aliphatic carbocycles. The van der Waals surface area contributed by atoms with Gasteiger partial charge in [0.25, 0.3) is 0 Å². The Morgan fingerprint density at radius 3 is 2.84 bits per heavy atom. The predicted octanol–water partition coefficient (Wildman–Crippen LogP) is 2.83. The number of hydrogen-bond acceptors (Lipinski definition) is 3. The van der Waals surface area contributed by atoms with Gasteiger partial charge in [0.2, 0.25) is 0 Å². The predicted molar refractivity (Wildman–Crippen MR) is 79.7 cm³/mol. The quantitative estimate of drug-likeness (QED) is 0.883. The molecule has 3 heteroatoms. The summed E-state index contributed by atoms with van der Waals surface area (Å²) >= 11 is 0. The summed E-state index contributed by atoms with van der Waals surface area (Å²) in [6.07, 6.45) is 5.15. The van der Waals surface area contributed by atoms with E-state index in [4.69, 9.17) is 4.74 Å². The summed E-state index contributed by atoms with van der Waals surface area (Å²) < 4.78 is 5.34. The average Bonchev–Trinajstić information content (AvgIpc) is 2.45. The van der Waals surface area contributed by atoms with Gasteiger partial charge in [0.05, 0.1) is 7.11 Å². The van der Waals surface area contributed by atoms with Gasteiger partial charge >= 0.3 is 0 Å². The van der Waals surface area contributed by atoms with Crippen molar-refractivity contribution in [2.24, 2.45) is 0 Å². The van der Waals surface area contributed by atoms with Crippen LogP contribution in [-0.2, 0) is 0 Å². The van der Waals surface area contributed by atoms with E-state index in [1.54, 1.807) is 7.11 Å². The minimum Gasteiger partial charge on any atom is -0.497 e. The topological polar surface area (TPSA) is 24.5 Å². The number of methoxy groups -OCH3 is 1. The first-order valence-electron chi connectivity index (χ1n) is 7.24. The van der Waals surface area contributed by atoms with E-state index in [9.17, 15) is 0 Å². The molecule has 2 unspecified atom stereocenters. The standard InChI is InChI=1S/C16H26N2O/c1-18(2)16(12-14-8-4-5-10-17-14)13-7-6-9-15(11-13)19-3/h6-7,9,11,14,16-17H,4-5,8,10,12H2,1-3H3. The zero-order chi connectivity index (χ0) is 13.7. The lowest BCUT2D eigenvalue weighted by Gasteiger charge is -2.31. The van der Waals surface area contributed by atoms with Crippen molar-refractivity contribution in [3.8, 4) is 5.75 Å². The molecule has 1 saturated heterocycles. The van der Waals surface area contributed by atoms with Crippen molar-refractivity contribution in [1.82, 2.24) is 10.2 Å². The van der Waals surface area contributed by atoms with Crippen LogP contribution in [0.15, 0.2) is 24.3 Å². The van der Waals surface area contributed by atoms with Gasteiger partial charge in [0.15, 0.2) is 0 Å². The number of nitrogens with zero attached hydrogens (tertiary/aromatic N) is 1. The van der Waals surface area contributed by atoms with Crippen LogP contribution in [-0.4, -0.2) is 38.7 Å². The van der Waals surface area contributed by atoms with Gasteiger partial charge < -0.3 is 15.0 Å². The summed E-state index contributed by atoms with van der Waals surface area (Å²) in [4.78, 5) is 2.31. The first-order valence-corrected chi connectivity index (χ1v) is 7.24. The molecule has 1 N–H and O–H groups in total. The van der Waals surface area contributed by atoms with Gasteiger partial charge in [0.1, 0.15) is 5.75 Å². The van der Waals surface area contributed by atoms with Crippen molar-refractivity contribution < 1.29 is 4.74 Å². The Hall–Kier alpha value is -1.06. The SMILES string of the molecule is COc1cccc(C(CC2CCCCN2)N(C)C)c1. The van der Waals surface area contributed by atoms with Crippen molar-refractivity contribution in [3.63, 3.8) is 0 Å². The van der Waals surface area contributed by atoms with Gasteiger partial charge in [-0.25, -0.2) is 0 Å². The summed E-state index contributed by atoms with van der Waals surface area (Å²) in [6.45, 7) is 1.17. The van der Waals surface area contributed by atoms with E-state index in [0.717, 1.165) is 5.75 Å². The molecule has 0 saturated carbocycles. The number of benzene rings is 1. The molecule has 1 aromatic carbocycles. The number of piperidine rings is 1. The van der Waals surface area contributed by atoms with Crippen molar-refractivity contribution in [3.05, 3.63) is 29.8 Å². The molecule has 1 fully saturated rings. The fraction of sp³-hybridized carbons (Fsp3) is 0.625. The number of ether oxygens (including phenoxy) is 1. The molecule has 3 nitrogen and oxygen atoms in total. The summed E-state index contributed by atoms with van der Waals surface area (Å²) in [6, 6.07) is 9.55. The maximum absolute atomic E-state index is 5.34. The molecular weight excluding hydrogens is 236 g/mol. The average molecular weight is 262 g/mol. The van der Waals surface area contributed by atoms with E-state index in [2.05, 4.69) is 42.5 Å². The van der Waals surface area contributed by atoms with Crippen LogP contribution in [0.4, 0.5) is 0 Å². The van der Waals surface area contributed by atoms with Gasteiger partial charge in [-0.1, -0.05) is 18.6 Å². The highest BCUT2D eigenvalue weighted by molar-refractivity contribution is 5.30. The second-order valence-electron chi connectivity index (χ2n) is 5.64. The largest absolute Gasteiger partial charge is 0.497 e. The van der Waals surface area contributed by atoms with E-state index in [-0.39, 0.29) is 0 Å². The summed E-state index contributed by atoms with van der Waals surface area (Å²) in [5, 5.41) is 3.64. The zero-order valence-corrected chi connectivity index (χ0v) is 12.4. The number of nitrogens with one attached hydrogen (secondary N) is 1. The Morgan fingerprint density at radius 2 is 2.21 bits per heavy atom. The number of rotatable bonds is 5. The smallest absolute Gasteiger partial charge is 0.119 e. The van der Waals surface area contributed by atoms with E-state index >= 15 is 0 Å². The third-order valence-corrected chi connectivity index (χ3v) is 4.02. The lowest BCUT2D eigenvalue weighted by Crippen LogP contribution is -2.37. The lowest BCUT2D eigenvalue weighted by molar-refractivity contribution is 0.239.